The highest BCUT2D eigenvalue weighted by molar-refractivity contribution is 7.88. The number of carbonyl (C=O) groups is 1. The standard InChI is InChI=1S/C12H23N3O3S/c1-14(10-5-6-10)9-7-13-12(16)11-4-3-8-15(11)19(2,17)18/h10-11H,3-9H2,1-2H3,(H,13,16). The Morgan fingerprint density at radius 2 is 2.05 bits per heavy atom. The van der Waals surface area contributed by atoms with E-state index in [1.165, 1.54) is 23.4 Å². The molecule has 19 heavy (non-hydrogen) atoms. The van der Waals surface area contributed by atoms with Crippen molar-refractivity contribution in [2.45, 2.75) is 37.8 Å². The van der Waals surface area contributed by atoms with Gasteiger partial charge in [0.15, 0.2) is 0 Å². The average Bonchev–Trinajstić information content (AvgIpc) is 3.04. The number of sulfonamides is 1. The summed E-state index contributed by atoms with van der Waals surface area (Å²) in [5, 5.41) is 2.85. The number of hydrogen-bond donors (Lipinski definition) is 1. The van der Waals surface area contributed by atoms with Gasteiger partial charge in [-0.3, -0.25) is 4.79 Å². The van der Waals surface area contributed by atoms with Crippen LogP contribution in [0.15, 0.2) is 0 Å². The van der Waals surface area contributed by atoms with E-state index in [0.29, 0.717) is 25.6 Å². The van der Waals surface area contributed by atoms with Crippen molar-refractivity contribution in [3.05, 3.63) is 0 Å². The number of carbonyl (C=O) groups excluding carboxylic acids is 1. The molecule has 0 spiro atoms. The molecule has 1 N–H and O–H groups in total. The Kier molecular flexibility index (Phi) is 4.47. The quantitative estimate of drug-likeness (QED) is 0.724. The van der Waals surface area contributed by atoms with Gasteiger partial charge >= 0.3 is 0 Å². The molecule has 1 amide bonds. The largest absolute Gasteiger partial charge is 0.353 e. The third-order valence-corrected chi connectivity index (χ3v) is 5.16. The van der Waals surface area contributed by atoms with Crippen LogP contribution in [0.1, 0.15) is 25.7 Å². The fourth-order valence-electron chi connectivity index (χ4n) is 2.57. The number of hydrogen-bond acceptors (Lipinski definition) is 4. The monoisotopic (exact) mass is 289 g/mol. The van der Waals surface area contributed by atoms with Crippen molar-refractivity contribution in [3.63, 3.8) is 0 Å². The summed E-state index contributed by atoms with van der Waals surface area (Å²) < 4.78 is 24.4. The molecular formula is C12H23N3O3S. The summed E-state index contributed by atoms with van der Waals surface area (Å²) in [6.07, 6.45) is 5.04. The first-order valence-corrected chi connectivity index (χ1v) is 8.69. The van der Waals surface area contributed by atoms with Gasteiger partial charge in [-0.15, -0.1) is 0 Å². The molecule has 6 nitrogen and oxygen atoms in total. The number of nitrogens with zero attached hydrogens (tertiary/aromatic N) is 2. The fraction of sp³-hybridized carbons (Fsp3) is 0.917. The van der Waals surface area contributed by atoms with Gasteiger partial charge < -0.3 is 10.2 Å². The first-order valence-electron chi connectivity index (χ1n) is 6.84. The first kappa shape index (κ1) is 14.7. The Balaban J connectivity index is 1.78. The van der Waals surface area contributed by atoms with E-state index >= 15 is 0 Å². The van der Waals surface area contributed by atoms with Gasteiger partial charge in [0.1, 0.15) is 6.04 Å². The van der Waals surface area contributed by atoms with Crippen LogP contribution in [-0.4, -0.2) is 68.6 Å². The minimum Gasteiger partial charge on any atom is -0.353 e. The maximum absolute atomic E-state index is 12.0. The Bertz CT molecular complexity index is 434. The third kappa shape index (κ3) is 3.90. The van der Waals surface area contributed by atoms with Crippen LogP contribution < -0.4 is 5.32 Å². The minimum absolute atomic E-state index is 0.160. The lowest BCUT2D eigenvalue weighted by atomic mass is 10.2. The van der Waals surface area contributed by atoms with E-state index in [0.717, 1.165) is 13.0 Å². The Morgan fingerprint density at radius 3 is 2.63 bits per heavy atom. The van der Waals surface area contributed by atoms with Gasteiger partial charge in [0.25, 0.3) is 0 Å². The van der Waals surface area contributed by atoms with E-state index in [1.807, 2.05) is 0 Å². The topological polar surface area (TPSA) is 69.7 Å². The van der Waals surface area contributed by atoms with Crippen LogP contribution in [0.25, 0.3) is 0 Å². The van der Waals surface area contributed by atoms with Crippen molar-refractivity contribution in [2.75, 3.05) is 32.9 Å². The van der Waals surface area contributed by atoms with Crippen molar-refractivity contribution < 1.29 is 13.2 Å². The third-order valence-electron chi connectivity index (χ3n) is 3.87. The summed E-state index contributed by atoms with van der Waals surface area (Å²) in [7, 11) is -1.22. The molecule has 1 aliphatic heterocycles. The predicted octanol–water partition coefficient (Wildman–Crippen LogP) is -0.379. The van der Waals surface area contributed by atoms with Crippen LogP contribution in [0.4, 0.5) is 0 Å². The van der Waals surface area contributed by atoms with E-state index in [9.17, 15) is 13.2 Å². The summed E-state index contributed by atoms with van der Waals surface area (Å²) in [5.41, 5.74) is 0. The highest BCUT2D eigenvalue weighted by Gasteiger charge is 2.36. The van der Waals surface area contributed by atoms with E-state index in [-0.39, 0.29) is 5.91 Å². The smallest absolute Gasteiger partial charge is 0.238 e. The second-order valence-electron chi connectivity index (χ2n) is 5.53. The van der Waals surface area contributed by atoms with E-state index in [4.69, 9.17) is 0 Å². The summed E-state index contributed by atoms with van der Waals surface area (Å²) in [4.78, 5) is 14.3. The highest BCUT2D eigenvalue weighted by Crippen LogP contribution is 2.24. The average molecular weight is 289 g/mol. The van der Waals surface area contributed by atoms with Gasteiger partial charge in [0, 0.05) is 25.7 Å². The lowest BCUT2D eigenvalue weighted by molar-refractivity contribution is -0.124. The molecule has 1 atom stereocenters. The number of amides is 1. The highest BCUT2D eigenvalue weighted by atomic mass is 32.2. The van der Waals surface area contributed by atoms with Gasteiger partial charge in [-0.2, -0.15) is 4.31 Å². The van der Waals surface area contributed by atoms with Crippen molar-refractivity contribution in [3.8, 4) is 0 Å². The molecule has 2 fully saturated rings. The van der Waals surface area contributed by atoms with Crippen molar-refractivity contribution >= 4 is 15.9 Å². The molecule has 0 aromatic rings. The van der Waals surface area contributed by atoms with Gasteiger partial charge in [-0.25, -0.2) is 8.42 Å². The van der Waals surface area contributed by atoms with Gasteiger partial charge in [0.05, 0.1) is 6.26 Å². The van der Waals surface area contributed by atoms with Crippen LogP contribution in [-0.2, 0) is 14.8 Å². The molecule has 0 aromatic carbocycles. The van der Waals surface area contributed by atoms with Gasteiger partial charge in [0.2, 0.25) is 15.9 Å². The molecule has 1 saturated heterocycles. The summed E-state index contributed by atoms with van der Waals surface area (Å²) in [6.45, 7) is 1.86. The molecule has 1 aliphatic carbocycles. The minimum atomic E-state index is -3.28. The van der Waals surface area contributed by atoms with Crippen molar-refractivity contribution in [1.82, 2.24) is 14.5 Å². The predicted molar refractivity (Wildman–Crippen MR) is 73.2 cm³/mol. The zero-order valence-electron chi connectivity index (χ0n) is 11.6. The second-order valence-corrected chi connectivity index (χ2v) is 7.47. The Hall–Kier alpha value is -0.660. The molecule has 1 heterocycles. The zero-order valence-corrected chi connectivity index (χ0v) is 12.4. The lowest BCUT2D eigenvalue weighted by Gasteiger charge is -2.22. The molecule has 1 unspecified atom stereocenters. The normalized spacial score (nSPS) is 24.9. The molecule has 2 aliphatic rings. The molecular weight excluding hydrogens is 266 g/mol. The maximum atomic E-state index is 12.0. The zero-order chi connectivity index (χ0) is 14.0. The number of rotatable bonds is 6. The van der Waals surface area contributed by atoms with Crippen LogP contribution in [0.2, 0.25) is 0 Å². The fourth-order valence-corrected chi connectivity index (χ4v) is 3.69. The van der Waals surface area contributed by atoms with Crippen LogP contribution in [0.5, 0.6) is 0 Å². The van der Waals surface area contributed by atoms with E-state index < -0.39 is 16.1 Å². The first-order chi connectivity index (χ1) is 8.89. The number of likely N-dealkylation sites (N-methyl/N-ethyl adjacent to an activating group) is 1. The van der Waals surface area contributed by atoms with Gasteiger partial charge in [-0.1, -0.05) is 0 Å². The maximum Gasteiger partial charge on any atom is 0.238 e. The van der Waals surface area contributed by atoms with Crippen molar-refractivity contribution in [1.29, 1.82) is 0 Å². The molecule has 7 heteroatoms. The molecule has 0 bridgehead atoms. The molecule has 0 radical (unpaired) electrons. The van der Waals surface area contributed by atoms with Gasteiger partial charge in [-0.05, 0) is 32.7 Å². The summed E-state index contributed by atoms with van der Waals surface area (Å²) in [6, 6.07) is 0.164. The lowest BCUT2D eigenvalue weighted by Crippen LogP contribution is -2.47. The number of nitrogens with one attached hydrogen (secondary N) is 1. The molecule has 1 saturated carbocycles. The Labute approximate surface area is 115 Å². The van der Waals surface area contributed by atoms with E-state index in [2.05, 4.69) is 17.3 Å². The second kappa shape index (κ2) is 5.76. The van der Waals surface area contributed by atoms with Crippen LogP contribution >= 0.6 is 0 Å². The Morgan fingerprint density at radius 1 is 1.37 bits per heavy atom. The summed E-state index contributed by atoms with van der Waals surface area (Å²) >= 11 is 0. The van der Waals surface area contributed by atoms with E-state index in [1.54, 1.807) is 0 Å². The molecule has 2 rings (SSSR count). The molecule has 0 aromatic heterocycles. The van der Waals surface area contributed by atoms with Crippen LogP contribution in [0, 0.1) is 0 Å². The molecule has 110 valence electrons. The SMILES string of the molecule is CN(CCNC(=O)C1CCCN1S(C)(=O)=O)C1CC1. The van der Waals surface area contributed by atoms with Crippen molar-refractivity contribution in [2.24, 2.45) is 0 Å². The van der Waals surface area contributed by atoms with Crippen LogP contribution in [0.3, 0.4) is 0 Å². The summed E-state index contributed by atoms with van der Waals surface area (Å²) in [5.74, 6) is -0.160.